The minimum Gasteiger partial charge on any atom is -0.326 e. The van der Waals surface area contributed by atoms with Crippen LogP contribution in [0.25, 0.3) is 0 Å². The summed E-state index contributed by atoms with van der Waals surface area (Å²) in [7, 11) is 0. The molecule has 1 heterocycles. The van der Waals surface area contributed by atoms with Crippen molar-refractivity contribution in [2.24, 2.45) is 0 Å². The van der Waals surface area contributed by atoms with E-state index >= 15 is 0 Å². The molecular formula is C12H13N3O. The van der Waals surface area contributed by atoms with E-state index in [0.717, 1.165) is 23.4 Å². The summed E-state index contributed by atoms with van der Waals surface area (Å²) >= 11 is 0. The molecule has 0 aliphatic carbocycles. The van der Waals surface area contributed by atoms with Crippen molar-refractivity contribution < 1.29 is 4.79 Å². The van der Waals surface area contributed by atoms with Crippen LogP contribution in [0, 0.1) is 11.3 Å². The molecule has 82 valence electrons. The number of nitriles is 1. The van der Waals surface area contributed by atoms with Crippen LogP contribution in [0.3, 0.4) is 0 Å². The second kappa shape index (κ2) is 4.77. The van der Waals surface area contributed by atoms with Crippen molar-refractivity contribution in [1.29, 1.82) is 5.26 Å². The molecule has 1 amide bonds. The van der Waals surface area contributed by atoms with Crippen LogP contribution in [0.1, 0.15) is 17.5 Å². The van der Waals surface area contributed by atoms with Gasteiger partial charge in [0.1, 0.15) is 0 Å². The van der Waals surface area contributed by atoms with Crippen LogP contribution in [-0.4, -0.2) is 12.5 Å². The van der Waals surface area contributed by atoms with E-state index < -0.39 is 0 Å². The average Bonchev–Trinajstić information content (AvgIpc) is 2.64. The Morgan fingerprint density at radius 2 is 2.38 bits per heavy atom. The van der Waals surface area contributed by atoms with Gasteiger partial charge in [0.05, 0.1) is 12.5 Å². The Labute approximate surface area is 94.3 Å². The number of anilines is 1. The number of amides is 1. The van der Waals surface area contributed by atoms with Gasteiger partial charge in [0.2, 0.25) is 5.91 Å². The first kappa shape index (κ1) is 10.7. The van der Waals surface area contributed by atoms with E-state index in [1.807, 2.05) is 18.2 Å². The lowest BCUT2D eigenvalue weighted by Gasteiger charge is -2.04. The summed E-state index contributed by atoms with van der Waals surface area (Å²) in [6, 6.07) is 8.04. The minimum absolute atomic E-state index is 0.0598. The van der Waals surface area contributed by atoms with Crippen molar-refractivity contribution in [3.8, 4) is 6.07 Å². The smallest absolute Gasteiger partial charge is 0.228 e. The van der Waals surface area contributed by atoms with E-state index in [9.17, 15) is 4.79 Å². The lowest BCUT2D eigenvalue weighted by atomic mass is 10.1. The quantitative estimate of drug-likeness (QED) is 0.741. The van der Waals surface area contributed by atoms with Crippen molar-refractivity contribution in [3.05, 3.63) is 29.3 Å². The fourth-order valence-electron chi connectivity index (χ4n) is 1.77. The average molecular weight is 215 g/mol. The molecule has 0 radical (unpaired) electrons. The van der Waals surface area contributed by atoms with Crippen LogP contribution in [0.15, 0.2) is 18.2 Å². The summed E-state index contributed by atoms with van der Waals surface area (Å²) in [4.78, 5) is 11.1. The summed E-state index contributed by atoms with van der Waals surface area (Å²) in [5.41, 5.74) is 3.13. The summed E-state index contributed by atoms with van der Waals surface area (Å²) < 4.78 is 0. The van der Waals surface area contributed by atoms with Gasteiger partial charge in [0, 0.05) is 25.2 Å². The van der Waals surface area contributed by atoms with Crippen LogP contribution in [0.5, 0.6) is 0 Å². The van der Waals surface area contributed by atoms with Crippen LogP contribution in [0.4, 0.5) is 5.69 Å². The molecule has 0 atom stereocenters. The van der Waals surface area contributed by atoms with Crippen LogP contribution in [0.2, 0.25) is 0 Å². The summed E-state index contributed by atoms with van der Waals surface area (Å²) in [6.07, 6.45) is 0.992. The zero-order valence-electron chi connectivity index (χ0n) is 8.92. The Morgan fingerprint density at radius 1 is 1.50 bits per heavy atom. The number of hydrogen-bond donors (Lipinski definition) is 2. The minimum atomic E-state index is 0.0598. The largest absolute Gasteiger partial charge is 0.326 e. The van der Waals surface area contributed by atoms with Gasteiger partial charge in [0.15, 0.2) is 0 Å². The second-order valence-corrected chi connectivity index (χ2v) is 3.80. The number of nitrogens with zero attached hydrogens (tertiary/aromatic N) is 1. The zero-order chi connectivity index (χ0) is 11.4. The Bertz CT molecular complexity index is 448. The molecule has 1 aliphatic rings. The van der Waals surface area contributed by atoms with E-state index in [2.05, 4.69) is 16.7 Å². The van der Waals surface area contributed by atoms with Gasteiger partial charge >= 0.3 is 0 Å². The first-order valence-corrected chi connectivity index (χ1v) is 5.29. The molecule has 0 fully saturated rings. The van der Waals surface area contributed by atoms with Gasteiger partial charge in [0.25, 0.3) is 0 Å². The highest BCUT2D eigenvalue weighted by Gasteiger charge is 2.16. The van der Waals surface area contributed by atoms with Crippen molar-refractivity contribution in [1.82, 2.24) is 5.32 Å². The van der Waals surface area contributed by atoms with Crippen LogP contribution in [-0.2, 0) is 17.8 Å². The van der Waals surface area contributed by atoms with Crippen LogP contribution >= 0.6 is 0 Å². The lowest BCUT2D eigenvalue weighted by Crippen LogP contribution is -2.14. The number of rotatable bonds is 4. The maximum absolute atomic E-state index is 11.1. The number of benzene rings is 1. The maximum atomic E-state index is 11.1. The first-order chi connectivity index (χ1) is 7.79. The van der Waals surface area contributed by atoms with Gasteiger partial charge in [-0.05, 0) is 17.2 Å². The SMILES string of the molecule is N#CCCNCc1ccc2c(c1)CC(=O)N2. The molecule has 1 aliphatic heterocycles. The van der Waals surface area contributed by atoms with E-state index in [1.54, 1.807) is 0 Å². The van der Waals surface area contributed by atoms with Gasteiger partial charge in [-0.2, -0.15) is 5.26 Å². The van der Waals surface area contributed by atoms with Crippen LogP contribution < -0.4 is 10.6 Å². The summed E-state index contributed by atoms with van der Waals surface area (Å²) in [5.74, 6) is 0.0598. The normalized spacial score (nSPS) is 13.1. The fourth-order valence-corrected chi connectivity index (χ4v) is 1.77. The van der Waals surface area contributed by atoms with Crippen molar-refractivity contribution in [2.45, 2.75) is 19.4 Å². The standard InChI is InChI=1S/C12H13N3O/c13-4-1-5-14-8-9-2-3-11-10(6-9)7-12(16)15-11/h2-3,6,14H,1,5,7-8H2,(H,15,16). The maximum Gasteiger partial charge on any atom is 0.228 e. The third-order valence-electron chi connectivity index (χ3n) is 2.54. The van der Waals surface area contributed by atoms with Gasteiger partial charge in [-0.1, -0.05) is 12.1 Å². The van der Waals surface area contributed by atoms with Crippen molar-refractivity contribution >= 4 is 11.6 Å². The highest BCUT2D eigenvalue weighted by Crippen LogP contribution is 2.23. The molecule has 1 aromatic rings. The highest BCUT2D eigenvalue weighted by atomic mass is 16.1. The molecule has 2 N–H and O–H groups in total. The van der Waals surface area contributed by atoms with Crippen molar-refractivity contribution in [2.75, 3.05) is 11.9 Å². The molecule has 4 heteroatoms. The summed E-state index contributed by atoms with van der Waals surface area (Å²) in [5, 5.41) is 14.4. The van der Waals surface area contributed by atoms with Crippen molar-refractivity contribution in [3.63, 3.8) is 0 Å². The first-order valence-electron chi connectivity index (χ1n) is 5.29. The monoisotopic (exact) mass is 215 g/mol. The number of hydrogen-bond acceptors (Lipinski definition) is 3. The van der Waals surface area contributed by atoms with E-state index in [-0.39, 0.29) is 5.91 Å². The van der Waals surface area contributed by atoms with Gasteiger partial charge < -0.3 is 10.6 Å². The Hall–Kier alpha value is -1.86. The lowest BCUT2D eigenvalue weighted by molar-refractivity contribution is -0.115. The molecule has 0 bridgehead atoms. The molecule has 1 aromatic carbocycles. The predicted octanol–water partition coefficient (Wildman–Crippen LogP) is 1.18. The molecule has 0 spiro atoms. The van der Waals surface area contributed by atoms with E-state index in [4.69, 9.17) is 5.26 Å². The Kier molecular flexibility index (Phi) is 3.18. The predicted molar refractivity (Wildman–Crippen MR) is 60.7 cm³/mol. The zero-order valence-corrected chi connectivity index (χ0v) is 8.92. The second-order valence-electron chi connectivity index (χ2n) is 3.80. The fraction of sp³-hybridized carbons (Fsp3) is 0.333. The molecule has 0 saturated carbocycles. The van der Waals surface area contributed by atoms with Gasteiger partial charge in [-0.3, -0.25) is 4.79 Å². The number of carbonyl (C=O) groups is 1. The Balaban J connectivity index is 1.95. The van der Waals surface area contributed by atoms with E-state index in [0.29, 0.717) is 19.4 Å². The third kappa shape index (κ3) is 2.38. The number of fused-ring (bicyclic) bond motifs is 1. The van der Waals surface area contributed by atoms with Gasteiger partial charge in [-0.15, -0.1) is 0 Å². The molecule has 0 saturated heterocycles. The van der Waals surface area contributed by atoms with E-state index in [1.165, 1.54) is 0 Å². The third-order valence-corrected chi connectivity index (χ3v) is 2.54. The Morgan fingerprint density at radius 3 is 3.19 bits per heavy atom. The highest BCUT2D eigenvalue weighted by molar-refractivity contribution is 5.99. The molecule has 2 rings (SSSR count). The topological polar surface area (TPSA) is 64.9 Å². The molecule has 16 heavy (non-hydrogen) atoms. The molecule has 0 unspecified atom stereocenters. The molecule has 0 aromatic heterocycles. The molecular weight excluding hydrogens is 202 g/mol. The number of nitrogens with one attached hydrogen (secondary N) is 2. The molecule has 4 nitrogen and oxygen atoms in total. The van der Waals surface area contributed by atoms with Gasteiger partial charge in [-0.25, -0.2) is 0 Å². The number of carbonyl (C=O) groups excluding carboxylic acids is 1. The summed E-state index contributed by atoms with van der Waals surface area (Å²) in [6.45, 7) is 1.44.